The maximum Gasteiger partial charge on any atom is 0.227 e. The smallest absolute Gasteiger partial charge is 0.227 e. The molecule has 3 nitrogen and oxygen atoms in total. The number of benzene rings is 3. The molecule has 33 heavy (non-hydrogen) atoms. The Kier molecular flexibility index (Phi) is 6.00. The molecule has 2 heterocycles. The maximum absolute atomic E-state index is 13.5. The van der Waals surface area contributed by atoms with E-state index in [-0.39, 0.29) is 11.9 Å². The molecule has 0 radical (unpaired) electrons. The van der Waals surface area contributed by atoms with E-state index in [1.54, 1.807) is 0 Å². The van der Waals surface area contributed by atoms with Crippen molar-refractivity contribution < 1.29 is 4.79 Å². The van der Waals surface area contributed by atoms with Crippen LogP contribution in [-0.2, 0) is 17.8 Å². The second-order valence-electron chi connectivity index (χ2n) is 8.56. The van der Waals surface area contributed by atoms with Gasteiger partial charge in [0.1, 0.15) is 0 Å². The molecule has 0 spiro atoms. The summed E-state index contributed by atoms with van der Waals surface area (Å²) in [7, 11) is 0. The topological polar surface area (TPSA) is 25.2 Å². The molecule has 0 bridgehead atoms. The van der Waals surface area contributed by atoms with Crippen molar-refractivity contribution in [2.24, 2.45) is 0 Å². The van der Waals surface area contributed by atoms with Gasteiger partial charge in [0.2, 0.25) is 5.91 Å². The number of carbonyl (C=O) groups excluding carboxylic acids is 1. The highest BCUT2D eigenvalue weighted by atomic mass is 16.2. The number of para-hydroxylation sites is 1. The molecule has 1 atom stereocenters. The fraction of sp³-hybridized carbons (Fsp3) is 0.233. The number of amides is 1. The van der Waals surface area contributed by atoms with Gasteiger partial charge >= 0.3 is 0 Å². The third-order valence-electron chi connectivity index (χ3n) is 6.57. The average molecular weight is 433 g/mol. The lowest BCUT2D eigenvalue weighted by Gasteiger charge is -2.27. The molecule has 1 saturated heterocycles. The van der Waals surface area contributed by atoms with Gasteiger partial charge in [0, 0.05) is 23.0 Å². The van der Waals surface area contributed by atoms with Crippen LogP contribution in [-0.4, -0.2) is 21.9 Å². The average Bonchev–Trinajstić information content (AvgIpc) is 3.46. The van der Waals surface area contributed by atoms with Crippen molar-refractivity contribution in [1.29, 1.82) is 0 Å². The molecule has 3 heteroatoms. The fourth-order valence-electron chi connectivity index (χ4n) is 5.13. The van der Waals surface area contributed by atoms with Crippen LogP contribution >= 0.6 is 0 Å². The summed E-state index contributed by atoms with van der Waals surface area (Å²) in [5, 5.41) is 1.22. The lowest BCUT2D eigenvalue weighted by atomic mass is 9.97. The molecule has 1 amide bonds. The first-order chi connectivity index (χ1) is 16.3. The first-order valence-electron chi connectivity index (χ1n) is 11.7. The molecule has 4 aromatic rings. The number of likely N-dealkylation sites (tertiary alicyclic amines) is 1. The molecular weight excluding hydrogens is 404 g/mol. The Hall–Kier alpha value is -3.77. The van der Waals surface area contributed by atoms with Crippen LogP contribution in [0.4, 0.5) is 0 Å². The van der Waals surface area contributed by atoms with Crippen LogP contribution < -0.4 is 0 Å². The third kappa shape index (κ3) is 4.05. The van der Waals surface area contributed by atoms with Crippen LogP contribution in [0.1, 0.15) is 37.1 Å². The number of aromatic nitrogens is 1. The standard InChI is InChI=1S/C30H28N2O/c1-2-3-20-32-26-18-11-10-17-25(26)29(24-15-8-5-9-16-24)30(32)27-19-12-21-31(27)28(33)22-23-13-6-4-7-14-23/h4-11,13-18,27H,12,19-22H2,1H3. The molecular formula is C30H28N2O. The highest BCUT2D eigenvalue weighted by molar-refractivity contribution is 5.98. The Morgan fingerprint density at radius 1 is 0.939 bits per heavy atom. The van der Waals surface area contributed by atoms with Gasteiger partial charge in [-0.05, 0) is 37.0 Å². The molecule has 0 saturated carbocycles. The number of rotatable bonds is 5. The summed E-state index contributed by atoms with van der Waals surface area (Å²) >= 11 is 0. The summed E-state index contributed by atoms with van der Waals surface area (Å²) in [5.74, 6) is 6.54. The van der Waals surface area contributed by atoms with Crippen molar-refractivity contribution in [2.75, 3.05) is 6.54 Å². The molecule has 1 fully saturated rings. The van der Waals surface area contributed by atoms with Crippen LogP contribution in [0.5, 0.6) is 0 Å². The van der Waals surface area contributed by atoms with Gasteiger partial charge < -0.3 is 9.47 Å². The fourth-order valence-corrected chi connectivity index (χ4v) is 5.13. The van der Waals surface area contributed by atoms with Gasteiger partial charge in [-0.15, -0.1) is 5.92 Å². The predicted octanol–water partition coefficient (Wildman–Crippen LogP) is 6.24. The van der Waals surface area contributed by atoms with Crippen LogP contribution in [0.25, 0.3) is 22.0 Å². The quantitative estimate of drug-likeness (QED) is 0.343. The van der Waals surface area contributed by atoms with Gasteiger partial charge in [-0.25, -0.2) is 0 Å². The number of carbonyl (C=O) groups is 1. The van der Waals surface area contributed by atoms with Gasteiger partial charge in [-0.2, -0.15) is 0 Å². The lowest BCUT2D eigenvalue weighted by molar-refractivity contribution is -0.131. The number of hydrogen-bond donors (Lipinski definition) is 0. The largest absolute Gasteiger partial charge is 0.334 e. The van der Waals surface area contributed by atoms with Crippen molar-refractivity contribution >= 4 is 16.8 Å². The van der Waals surface area contributed by atoms with Crippen molar-refractivity contribution in [3.8, 4) is 23.0 Å². The second kappa shape index (κ2) is 9.38. The Morgan fingerprint density at radius 3 is 2.39 bits per heavy atom. The van der Waals surface area contributed by atoms with Crippen molar-refractivity contribution in [1.82, 2.24) is 9.47 Å². The van der Waals surface area contributed by atoms with E-state index < -0.39 is 0 Å². The number of fused-ring (bicyclic) bond motifs is 1. The maximum atomic E-state index is 13.5. The van der Waals surface area contributed by atoms with Crippen LogP contribution in [0, 0.1) is 11.8 Å². The summed E-state index contributed by atoms with van der Waals surface area (Å²) in [4.78, 5) is 15.6. The molecule has 1 aromatic heterocycles. The van der Waals surface area contributed by atoms with E-state index in [0.29, 0.717) is 13.0 Å². The van der Waals surface area contributed by atoms with E-state index in [4.69, 9.17) is 0 Å². The highest BCUT2D eigenvalue weighted by Gasteiger charge is 2.35. The van der Waals surface area contributed by atoms with E-state index in [1.807, 2.05) is 37.3 Å². The Morgan fingerprint density at radius 2 is 1.64 bits per heavy atom. The molecule has 1 aliphatic heterocycles. The van der Waals surface area contributed by atoms with Gasteiger partial charge in [0.25, 0.3) is 0 Å². The van der Waals surface area contributed by atoms with E-state index in [1.165, 1.54) is 27.7 Å². The minimum absolute atomic E-state index is 0.0440. The van der Waals surface area contributed by atoms with E-state index >= 15 is 0 Å². The Labute approximate surface area is 195 Å². The first-order valence-corrected chi connectivity index (χ1v) is 11.7. The monoisotopic (exact) mass is 432 g/mol. The zero-order chi connectivity index (χ0) is 22.6. The summed E-state index contributed by atoms with van der Waals surface area (Å²) < 4.78 is 2.34. The van der Waals surface area contributed by atoms with Gasteiger partial charge in [0.15, 0.2) is 0 Å². The minimum atomic E-state index is 0.0440. The van der Waals surface area contributed by atoms with Crippen LogP contribution in [0.15, 0.2) is 84.9 Å². The van der Waals surface area contributed by atoms with Gasteiger partial charge in [0.05, 0.1) is 24.7 Å². The zero-order valence-corrected chi connectivity index (χ0v) is 19.0. The van der Waals surface area contributed by atoms with Crippen LogP contribution in [0.3, 0.4) is 0 Å². The molecule has 5 rings (SSSR count). The van der Waals surface area contributed by atoms with Gasteiger partial charge in [-0.3, -0.25) is 4.79 Å². The minimum Gasteiger partial charge on any atom is -0.334 e. The molecule has 0 N–H and O–H groups in total. The highest BCUT2D eigenvalue weighted by Crippen LogP contribution is 2.43. The van der Waals surface area contributed by atoms with Crippen molar-refractivity contribution in [3.05, 3.63) is 96.2 Å². The number of nitrogens with zero attached hydrogens (tertiary/aromatic N) is 2. The molecule has 164 valence electrons. The first kappa shape index (κ1) is 21.1. The zero-order valence-electron chi connectivity index (χ0n) is 19.0. The molecule has 1 aliphatic rings. The molecule has 0 aliphatic carbocycles. The van der Waals surface area contributed by atoms with Crippen molar-refractivity contribution in [2.45, 2.75) is 38.8 Å². The summed E-state index contributed by atoms with van der Waals surface area (Å²) in [6, 6.07) is 29.2. The SMILES string of the molecule is CC#CCn1c(C2CCCN2C(=O)Cc2ccccc2)c(-c2ccccc2)c2ccccc21. The molecule has 3 aromatic carbocycles. The number of hydrogen-bond acceptors (Lipinski definition) is 1. The van der Waals surface area contributed by atoms with Crippen molar-refractivity contribution in [3.63, 3.8) is 0 Å². The van der Waals surface area contributed by atoms with E-state index in [0.717, 1.165) is 24.9 Å². The Balaban J connectivity index is 1.65. The summed E-state index contributed by atoms with van der Waals surface area (Å²) in [6.07, 6.45) is 2.42. The Bertz CT molecular complexity index is 1330. The van der Waals surface area contributed by atoms with E-state index in [9.17, 15) is 4.79 Å². The lowest BCUT2D eigenvalue weighted by Crippen LogP contribution is -2.33. The van der Waals surface area contributed by atoms with Gasteiger partial charge in [-0.1, -0.05) is 84.8 Å². The third-order valence-corrected chi connectivity index (χ3v) is 6.57. The predicted molar refractivity (Wildman–Crippen MR) is 135 cm³/mol. The van der Waals surface area contributed by atoms with Crippen LogP contribution in [0.2, 0.25) is 0 Å². The van der Waals surface area contributed by atoms with E-state index in [2.05, 4.69) is 75.9 Å². The second-order valence-corrected chi connectivity index (χ2v) is 8.56. The summed E-state index contributed by atoms with van der Waals surface area (Å²) in [6.45, 7) is 3.30. The normalized spacial score (nSPS) is 15.4. The summed E-state index contributed by atoms with van der Waals surface area (Å²) in [5.41, 5.74) is 5.87. The molecule has 1 unspecified atom stereocenters.